The second-order valence-corrected chi connectivity index (χ2v) is 4.58. The van der Waals surface area contributed by atoms with Crippen LogP contribution in [0.3, 0.4) is 0 Å². The highest BCUT2D eigenvalue weighted by Crippen LogP contribution is 2.33. The molecule has 1 rings (SSSR count). The molecule has 96 valence electrons. The fourth-order valence-corrected chi connectivity index (χ4v) is 1.84. The number of methoxy groups -OCH3 is 2. The third kappa shape index (κ3) is 3.35. The number of ether oxygens (including phenoxy) is 2. The van der Waals surface area contributed by atoms with Crippen molar-refractivity contribution < 1.29 is 9.47 Å². The summed E-state index contributed by atoms with van der Waals surface area (Å²) in [7, 11) is 3.32. The predicted octanol–water partition coefficient (Wildman–Crippen LogP) is 1.49. The van der Waals surface area contributed by atoms with E-state index < -0.39 is 0 Å². The van der Waals surface area contributed by atoms with Crippen LogP contribution in [0.4, 0.5) is 0 Å². The molecular formula is C13H22N2O2. The van der Waals surface area contributed by atoms with Gasteiger partial charge < -0.3 is 20.5 Å². The molecule has 0 unspecified atom stereocenters. The molecule has 0 aromatic heterocycles. The Morgan fingerprint density at radius 3 is 2.47 bits per heavy atom. The molecule has 0 saturated heterocycles. The van der Waals surface area contributed by atoms with Gasteiger partial charge in [0, 0.05) is 30.3 Å². The lowest BCUT2D eigenvalue weighted by Crippen LogP contribution is -2.36. The number of hydrogen-bond acceptors (Lipinski definition) is 4. The van der Waals surface area contributed by atoms with Crippen molar-refractivity contribution in [3.8, 4) is 11.5 Å². The fourth-order valence-electron chi connectivity index (χ4n) is 1.84. The van der Waals surface area contributed by atoms with E-state index in [0.29, 0.717) is 6.67 Å². The Bertz CT molecular complexity index is 364. The van der Waals surface area contributed by atoms with Crippen LogP contribution in [-0.4, -0.2) is 27.4 Å². The van der Waals surface area contributed by atoms with Gasteiger partial charge in [-0.3, -0.25) is 0 Å². The van der Waals surface area contributed by atoms with Crippen LogP contribution in [0.2, 0.25) is 0 Å². The minimum absolute atomic E-state index is 0.0447. The van der Waals surface area contributed by atoms with Crippen molar-refractivity contribution in [2.75, 3.05) is 27.4 Å². The quantitative estimate of drug-likeness (QED) is 0.737. The minimum Gasteiger partial charge on any atom is -0.497 e. The summed E-state index contributed by atoms with van der Waals surface area (Å²) in [5.41, 5.74) is 6.56. The minimum atomic E-state index is -0.0447. The monoisotopic (exact) mass is 238 g/mol. The van der Waals surface area contributed by atoms with Gasteiger partial charge in [-0.2, -0.15) is 0 Å². The zero-order valence-electron chi connectivity index (χ0n) is 11.0. The average Bonchev–Trinajstić information content (AvgIpc) is 2.35. The smallest absolute Gasteiger partial charge is 0.126 e. The van der Waals surface area contributed by atoms with E-state index in [4.69, 9.17) is 15.2 Å². The third-order valence-corrected chi connectivity index (χ3v) is 2.85. The summed E-state index contributed by atoms with van der Waals surface area (Å²) in [6.45, 7) is 5.58. The first-order valence-corrected chi connectivity index (χ1v) is 5.68. The first-order valence-electron chi connectivity index (χ1n) is 5.68. The van der Waals surface area contributed by atoms with Crippen molar-refractivity contribution in [1.82, 2.24) is 5.32 Å². The maximum Gasteiger partial charge on any atom is 0.126 e. The van der Waals surface area contributed by atoms with E-state index in [0.717, 1.165) is 23.6 Å². The highest BCUT2D eigenvalue weighted by Gasteiger charge is 2.24. The molecule has 4 nitrogen and oxygen atoms in total. The number of hydrogen-bond donors (Lipinski definition) is 2. The van der Waals surface area contributed by atoms with Gasteiger partial charge in [0.2, 0.25) is 0 Å². The molecule has 0 aliphatic carbocycles. The maximum absolute atomic E-state index is 5.47. The Kier molecular flexibility index (Phi) is 4.78. The molecule has 0 aliphatic rings. The van der Waals surface area contributed by atoms with E-state index in [9.17, 15) is 0 Å². The molecule has 0 radical (unpaired) electrons. The largest absolute Gasteiger partial charge is 0.497 e. The molecule has 0 fully saturated rings. The zero-order chi connectivity index (χ0) is 12.9. The topological polar surface area (TPSA) is 56.5 Å². The molecule has 3 N–H and O–H groups in total. The van der Waals surface area contributed by atoms with Gasteiger partial charge >= 0.3 is 0 Å². The van der Waals surface area contributed by atoms with Crippen LogP contribution in [0.1, 0.15) is 19.4 Å². The van der Waals surface area contributed by atoms with E-state index in [1.807, 2.05) is 18.2 Å². The lowest BCUT2D eigenvalue weighted by molar-refractivity contribution is 0.375. The van der Waals surface area contributed by atoms with Gasteiger partial charge in [-0.05, 0) is 6.07 Å². The van der Waals surface area contributed by atoms with Gasteiger partial charge in [-0.15, -0.1) is 0 Å². The van der Waals surface area contributed by atoms with E-state index in [1.54, 1.807) is 14.2 Å². The molecule has 1 aromatic carbocycles. The average molecular weight is 238 g/mol. The van der Waals surface area contributed by atoms with E-state index in [2.05, 4.69) is 19.2 Å². The van der Waals surface area contributed by atoms with Crippen LogP contribution in [0.5, 0.6) is 11.5 Å². The normalized spacial score (nSPS) is 11.4. The van der Waals surface area contributed by atoms with E-state index in [1.165, 1.54) is 0 Å². The third-order valence-electron chi connectivity index (χ3n) is 2.85. The molecule has 0 atom stereocenters. The predicted molar refractivity (Wildman–Crippen MR) is 69.6 cm³/mol. The van der Waals surface area contributed by atoms with Crippen LogP contribution < -0.4 is 20.5 Å². The highest BCUT2D eigenvalue weighted by molar-refractivity contribution is 5.44. The molecule has 0 spiro atoms. The van der Waals surface area contributed by atoms with Gasteiger partial charge in [0.05, 0.1) is 14.2 Å². The molecule has 0 amide bonds. The lowest BCUT2D eigenvalue weighted by atomic mass is 9.84. The number of rotatable bonds is 6. The summed E-state index contributed by atoms with van der Waals surface area (Å²) >= 11 is 0. The summed E-state index contributed by atoms with van der Waals surface area (Å²) in [4.78, 5) is 0. The van der Waals surface area contributed by atoms with Gasteiger partial charge in [0.1, 0.15) is 11.5 Å². The van der Waals surface area contributed by atoms with Crippen LogP contribution in [0.15, 0.2) is 18.2 Å². The lowest BCUT2D eigenvalue weighted by Gasteiger charge is -2.27. The number of nitrogens with two attached hydrogens (primary N) is 1. The van der Waals surface area contributed by atoms with Gasteiger partial charge in [0.25, 0.3) is 0 Å². The molecule has 1 aromatic rings. The number of nitrogens with one attached hydrogen (secondary N) is 1. The van der Waals surface area contributed by atoms with Crippen LogP contribution >= 0.6 is 0 Å². The van der Waals surface area contributed by atoms with Crippen molar-refractivity contribution in [3.63, 3.8) is 0 Å². The maximum atomic E-state index is 5.47. The fraction of sp³-hybridized carbons (Fsp3) is 0.538. The van der Waals surface area contributed by atoms with Crippen molar-refractivity contribution in [2.24, 2.45) is 5.73 Å². The Balaban J connectivity index is 3.03. The first kappa shape index (κ1) is 13.8. The molecule has 0 bridgehead atoms. The molecule has 17 heavy (non-hydrogen) atoms. The molecular weight excluding hydrogens is 216 g/mol. The standard InChI is InChI=1S/C13H22N2O2/c1-13(2,8-15-9-14)11-6-5-10(16-3)7-12(11)17-4/h5-7,15H,8-9,14H2,1-4H3. The Hall–Kier alpha value is -1.26. The Labute approximate surface area is 103 Å². The van der Waals surface area contributed by atoms with E-state index in [-0.39, 0.29) is 5.41 Å². The summed E-state index contributed by atoms with van der Waals surface area (Å²) in [6, 6.07) is 5.89. The van der Waals surface area contributed by atoms with Gasteiger partial charge in [0.15, 0.2) is 0 Å². The van der Waals surface area contributed by atoms with Crippen LogP contribution in [-0.2, 0) is 5.41 Å². The summed E-state index contributed by atoms with van der Waals surface area (Å²) in [5, 5.41) is 3.16. The van der Waals surface area contributed by atoms with Crippen molar-refractivity contribution in [1.29, 1.82) is 0 Å². The van der Waals surface area contributed by atoms with Crippen LogP contribution in [0, 0.1) is 0 Å². The zero-order valence-corrected chi connectivity index (χ0v) is 11.0. The SMILES string of the molecule is COc1ccc(C(C)(C)CNCN)c(OC)c1. The van der Waals surface area contributed by atoms with Crippen molar-refractivity contribution in [3.05, 3.63) is 23.8 Å². The van der Waals surface area contributed by atoms with Crippen LogP contribution in [0.25, 0.3) is 0 Å². The van der Waals surface area contributed by atoms with Gasteiger partial charge in [-0.25, -0.2) is 0 Å². The van der Waals surface area contributed by atoms with Crippen molar-refractivity contribution >= 4 is 0 Å². The van der Waals surface area contributed by atoms with Crippen molar-refractivity contribution in [2.45, 2.75) is 19.3 Å². The van der Waals surface area contributed by atoms with E-state index >= 15 is 0 Å². The Morgan fingerprint density at radius 2 is 1.94 bits per heavy atom. The summed E-state index contributed by atoms with van der Waals surface area (Å²) in [6.07, 6.45) is 0. The first-order chi connectivity index (χ1) is 8.05. The summed E-state index contributed by atoms with van der Waals surface area (Å²) < 4.78 is 10.6. The molecule has 0 heterocycles. The van der Waals surface area contributed by atoms with Gasteiger partial charge in [-0.1, -0.05) is 19.9 Å². The summed E-state index contributed by atoms with van der Waals surface area (Å²) in [5.74, 6) is 1.64. The molecule has 0 saturated carbocycles. The second-order valence-electron chi connectivity index (χ2n) is 4.58. The second kappa shape index (κ2) is 5.89. The molecule has 0 aliphatic heterocycles. The molecule has 4 heteroatoms. The number of benzene rings is 1. The highest BCUT2D eigenvalue weighted by atomic mass is 16.5. The Morgan fingerprint density at radius 1 is 1.24 bits per heavy atom.